The van der Waals surface area contributed by atoms with E-state index in [0.29, 0.717) is 30.9 Å². The minimum Gasteiger partial charge on any atom is -0.490 e. The van der Waals surface area contributed by atoms with Gasteiger partial charge in [0.1, 0.15) is 6.10 Å². The summed E-state index contributed by atoms with van der Waals surface area (Å²) in [5.74, 6) is 2.43. The van der Waals surface area contributed by atoms with Crippen molar-refractivity contribution in [1.29, 1.82) is 0 Å². The fourth-order valence-electron chi connectivity index (χ4n) is 6.91. The second-order valence-corrected chi connectivity index (χ2v) is 9.35. The summed E-state index contributed by atoms with van der Waals surface area (Å²) in [7, 11) is 2.24. The normalized spacial score (nSPS) is 40.2. The molecule has 5 aliphatic rings. The first-order valence-electron chi connectivity index (χ1n) is 10.8. The van der Waals surface area contributed by atoms with Gasteiger partial charge in [-0.1, -0.05) is 18.2 Å². The predicted molar refractivity (Wildman–Crippen MR) is 105 cm³/mol. The molecule has 6 rings (SSSR count). The van der Waals surface area contributed by atoms with Crippen molar-refractivity contribution in [2.45, 2.75) is 55.3 Å². The molecule has 0 amide bonds. The van der Waals surface area contributed by atoms with Crippen molar-refractivity contribution >= 4 is 0 Å². The summed E-state index contributed by atoms with van der Waals surface area (Å²) in [4.78, 5) is 2.50. The highest BCUT2D eigenvalue weighted by Crippen LogP contribution is 2.70. The maximum Gasteiger partial charge on any atom is 0.166 e. The van der Waals surface area contributed by atoms with Crippen LogP contribution in [0.1, 0.15) is 36.8 Å². The highest BCUT2D eigenvalue weighted by Gasteiger charge is 2.75. The average molecular weight is 383 g/mol. The third kappa shape index (κ3) is 1.88. The molecule has 1 saturated carbocycles. The molecule has 1 spiro atoms. The van der Waals surface area contributed by atoms with E-state index in [1.165, 1.54) is 11.1 Å². The van der Waals surface area contributed by atoms with Gasteiger partial charge in [-0.3, -0.25) is 0 Å². The van der Waals surface area contributed by atoms with Crippen LogP contribution in [0.5, 0.6) is 11.5 Å². The smallest absolute Gasteiger partial charge is 0.166 e. The number of ether oxygens (including phenoxy) is 2. The Morgan fingerprint density at radius 1 is 1.29 bits per heavy atom. The van der Waals surface area contributed by atoms with Crippen LogP contribution in [0.25, 0.3) is 0 Å². The van der Waals surface area contributed by atoms with Gasteiger partial charge in [0.15, 0.2) is 17.1 Å². The van der Waals surface area contributed by atoms with Crippen LogP contribution in [0.2, 0.25) is 0 Å². The zero-order chi connectivity index (χ0) is 19.1. The number of likely N-dealkylation sites (N-methyl/N-ethyl adjacent to an activating group) is 1. The Bertz CT molecular complexity index is 849. The number of aliphatic hydroxyl groups excluding tert-OH is 2. The van der Waals surface area contributed by atoms with Crippen molar-refractivity contribution in [3.63, 3.8) is 0 Å². The van der Waals surface area contributed by atoms with Crippen LogP contribution in [0.15, 0.2) is 24.3 Å². The lowest BCUT2D eigenvalue weighted by Gasteiger charge is -2.61. The van der Waals surface area contributed by atoms with Crippen LogP contribution in [0.4, 0.5) is 0 Å². The topological polar surface area (TPSA) is 62.2 Å². The minimum atomic E-state index is -0.580. The second kappa shape index (κ2) is 5.74. The van der Waals surface area contributed by atoms with Gasteiger partial charge < -0.3 is 24.6 Å². The van der Waals surface area contributed by atoms with E-state index in [9.17, 15) is 5.11 Å². The molecule has 0 unspecified atom stereocenters. The van der Waals surface area contributed by atoms with E-state index in [-0.39, 0.29) is 12.0 Å². The van der Waals surface area contributed by atoms with Gasteiger partial charge in [0.05, 0.1) is 12.0 Å². The van der Waals surface area contributed by atoms with Gasteiger partial charge >= 0.3 is 0 Å². The number of piperidine rings is 1. The summed E-state index contributed by atoms with van der Waals surface area (Å²) in [6.45, 7) is 1.63. The Hall–Kier alpha value is -1.56. The van der Waals surface area contributed by atoms with E-state index >= 15 is 0 Å². The number of nitrogens with zero attached hydrogens (tertiary/aromatic N) is 1. The summed E-state index contributed by atoms with van der Waals surface area (Å²) in [6.07, 6.45) is 8.62. The van der Waals surface area contributed by atoms with E-state index in [1.807, 2.05) is 12.1 Å². The Morgan fingerprint density at radius 3 is 2.93 bits per heavy atom. The van der Waals surface area contributed by atoms with E-state index in [2.05, 4.69) is 24.1 Å². The maximum atomic E-state index is 11.3. The minimum absolute atomic E-state index is 0.121. The van der Waals surface area contributed by atoms with Gasteiger partial charge in [0, 0.05) is 36.5 Å². The van der Waals surface area contributed by atoms with Gasteiger partial charge in [-0.05, 0) is 50.9 Å². The van der Waals surface area contributed by atoms with Crippen molar-refractivity contribution < 1.29 is 19.7 Å². The lowest BCUT2D eigenvalue weighted by Crippen LogP contribution is -2.72. The number of hydrogen-bond donors (Lipinski definition) is 2. The molecule has 28 heavy (non-hydrogen) atoms. The number of likely N-dealkylation sites (tertiary alicyclic amines) is 1. The molecule has 0 aromatic heterocycles. The van der Waals surface area contributed by atoms with Crippen molar-refractivity contribution in [2.75, 3.05) is 26.8 Å². The molecule has 0 radical (unpaired) electrons. The summed E-state index contributed by atoms with van der Waals surface area (Å²) < 4.78 is 12.9. The molecule has 1 saturated heterocycles. The van der Waals surface area contributed by atoms with Gasteiger partial charge in [-0.2, -0.15) is 0 Å². The molecule has 2 fully saturated rings. The van der Waals surface area contributed by atoms with E-state index < -0.39 is 11.7 Å². The molecule has 2 bridgehead atoms. The summed E-state index contributed by atoms with van der Waals surface area (Å²) in [5.41, 5.74) is 1.97. The van der Waals surface area contributed by atoms with E-state index in [1.54, 1.807) is 0 Å². The summed E-state index contributed by atoms with van der Waals surface area (Å²) in [5, 5.41) is 20.5. The third-order valence-electron chi connectivity index (χ3n) is 8.14. The molecule has 5 nitrogen and oxygen atoms in total. The van der Waals surface area contributed by atoms with Crippen LogP contribution in [0, 0.1) is 11.8 Å². The molecule has 1 aromatic rings. The zero-order valence-electron chi connectivity index (χ0n) is 16.4. The Morgan fingerprint density at radius 2 is 2.14 bits per heavy atom. The lowest BCUT2D eigenvalue weighted by atomic mass is 9.47. The molecular weight excluding hydrogens is 354 g/mol. The maximum absolute atomic E-state index is 11.3. The van der Waals surface area contributed by atoms with Crippen LogP contribution >= 0.6 is 0 Å². The average Bonchev–Trinajstić information content (AvgIpc) is 3.49. The van der Waals surface area contributed by atoms with Gasteiger partial charge in [-0.25, -0.2) is 0 Å². The molecule has 2 N–H and O–H groups in total. The number of aliphatic hydroxyl groups is 2. The Labute approximate surface area is 165 Å². The van der Waals surface area contributed by atoms with Gasteiger partial charge in [-0.15, -0.1) is 0 Å². The molecule has 150 valence electrons. The molecule has 5 atom stereocenters. The Balaban J connectivity index is 1.58. The largest absolute Gasteiger partial charge is 0.490 e. The number of rotatable bonds is 5. The number of hydrogen-bond acceptors (Lipinski definition) is 5. The second-order valence-electron chi connectivity index (χ2n) is 9.35. The van der Waals surface area contributed by atoms with Crippen LogP contribution in [-0.4, -0.2) is 59.7 Å². The molecule has 1 aromatic carbocycles. The first kappa shape index (κ1) is 17.3. The fourth-order valence-corrected chi connectivity index (χ4v) is 6.91. The predicted octanol–water partition coefficient (Wildman–Crippen LogP) is 2.03. The third-order valence-corrected chi connectivity index (χ3v) is 8.14. The quantitative estimate of drug-likeness (QED) is 0.602. The zero-order valence-corrected chi connectivity index (χ0v) is 16.4. The molecular formula is C23H29NO4. The monoisotopic (exact) mass is 383 g/mol. The first-order chi connectivity index (χ1) is 13.6. The first-order valence-corrected chi connectivity index (χ1v) is 10.8. The molecule has 2 aliphatic heterocycles. The van der Waals surface area contributed by atoms with Crippen LogP contribution < -0.4 is 9.47 Å². The summed E-state index contributed by atoms with van der Waals surface area (Å²) in [6, 6.07) is 4.71. The van der Waals surface area contributed by atoms with Crippen molar-refractivity contribution in [3.8, 4) is 11.5 Å². The van der Waals surface area contributed by atoms with Crippen LogP contribution in [-0.2, 0) is 11.8 Å². The van der Waals surface area contributed by atoms with Crippen molar-refractivity contribution in [2.24, 2.45) is 11.8 Å². The van der Waals surface area contributed by atoms with Gasteiger partial charge in [0.25, 0.3) is 0 Å². The van der Waals surface area contributed by atoms with Crippen molar-refractivity contribution in [3.05, 3.63) is 35.4 Å². The molecule has 2 heterocycles. The Kier molecular flexibility index (Phi) is 3.55. The van der Waals surface area contributed by atoms with Crippen molar-refractivity contribution in [1.82, 2.24) is 4.90 Å². The van der Waals surface area contributed by atoms with Gasteiger partial charge in [0.2, 0.25) is 0 Å². The SMILES string of the molecule is CN1CC[C@]23c4c5ccc(OCCCO)c4O[C@@]2(C2CC2)[C@@H](O)C=C[C@H]3[C@H]1C5. The highest BCUT2D eigenvalue weighted by molar-refractivity contribution is 5.64. The number of benzene rings is 1. The fraction of sp³-hybridized carbons (Fsp3) is 0.652. The van der Waals surface area contributed by atoms with E-state index in [4.69, 9.17) is 14.6 Å². The van der Waals surface area contributed by atoms with E-state index in [0.717, 1.165) is 43.7 Å². The van der Waals surface area contributed by atoms with Crippen LogP contribution in [0.3, 0.4) is 0 Å². The molecule has 5 heteroatoms. The standard InChI is InChI=1S/C23H29NO4/c1-24-10-9-22-16-6-8-19(26)23(22,15-4-5-15)28-21-18(27-12-2-11-25)7-3-14(20(21)22)13-17(16)24/h3,6-8,15-17,19,25-26H,2,4-5,9-13H2,1H3/t16-,17+,19-,22-,23-/m0/s1. The highest BCUT2D eigenvalue weighted by atomic mass is 16.5. The molecule has 3 aliphatic carbocycles. The summed E-state index contributed by atoms with van der Waals surface area (Å²) >= 11 is 0. The lowest BCUT2D eigenvalue weighted by molar-refractivity contribution is -0.134.